The maximum Gasteiger partial charge on any atom is 0.354 e. The largest absolute Gasteiger partial charge is 0.461 e. The maximum absolute atomic E-state index is 11.5. The van der Waals surface area contributed by atoms with Crippen molar-refractivity contribution in [3.8, 4) is 0 Å². The molecule has 1 aromatic carbocycles. The lowest BCUT2D eigenvalue weighted by molar-refractivity contribution is -0.384. The molecule has 1 aliphatic heterocycles. The van der Waals surface area contributed by atoms with Crippen LogP contribution in [0.3, 0.4) is 0 Å². The average molecular weight is 249 g/mol. The second kappa shape index (κ2) is 4.82. The first-order valence-corrected chi connectivity index (χ1v) is 5.39. The van der Waals surface area contributed by atoms with E-state index in [1.807, 2.05) is 0 Å². The number of hydrazone groups is 1. The summed E-state index contributed by atoms with van der Waals surface area (Å²) in [6, 6.07) is 4.38. The number of nitrogens with zero attached hydrogens (tertiary/aromatic N) is 2. The van der Waals surface area contributed by atoms with Crippen LogP contribution >= 0.6 is 0 Å². The van der Waals surface area contributed by atoms with Gasteiger partial charge in [-0.1, -0.05) is 0 Å². The van der Waals surface area contributed by atoms with Crippen LogP contribution in [-0.4, -0.2) is 23.2 Å². The predicted molar refractivity (Wildman–Crippen MR) is 64.5 cm³/mol. The Balaban J connectivity index is 2.24. The van der Waals surface area contributed by atoms with E-state index in [9.17, 15) is 14.9 Å². The molecular formula is C11H11N3O4. The highest BCUT2D eigenvalue weighted by Crippen LogP contribution is 2.25. The number of nitrogens with one attached hydrogen (secondary N) is 1. The number of ether oxygens (including phenoxy) is 1. The van der Waals surface area contributed by atoms with E-state index < -0.39 is 10.9 Å². The smallest absolute Gasteiger partial charge is 0.354 e. The van der Waals surface area contributed by atoms with Crippen LogP contribution in [-0.2, 0) is 16.0 Å². The first-order valence-electron chi connectivity index (χ1n) is 5.39. The number of carbonyl (C=O) groups is 1. The summed E-state index contributed by atoms with van der Waals surface area (Å²) >= 11 is 0. The number of esters is 1. The Labute approximate surface area is 103 Å². The number of rotatable bonds is 3. The van der Waals surface area contributed by atoms with E-state index in [4.69, 9.17) is 4.74 Å². The van der Waals surface area contributed by atoms with Crippen LogP contribution in [0.25, 0.3) is 0 Å². The number of fused-ring (bicyclic) bond motifs is 1. The highest BCUT2D eigenvalue weighted by atomic mass is 16.6. The number of benzene rings is 1. The van der Waals surface area contributed by atoms with Crippen LogP contribution in [0, 0.1) is 10.1 Å². The van der Waals surface area contributed by atoms with Gasteiger partial charge in [0.2, 0.25) is 0 Å². The minimum absolute atomic E-state index is 0.0133. The zero-order valence-electron chi connectivity index (χ0n) is 9.67. The van der Waals surface area contributed by atoms with Gasteiger partial charge in [0.25, 0.3) is 5.69 Å². The fraction of sp³-hybridized carbons (Fsp3) is 0.273. The number of nitro benzene ring substituents is 1. The molecule has 0 radical (unpaired) electrons. The van der Waals surface area contributed by atoms with Gasteiger partial charge in [-0.15, -0.1) is 0 Å². The molecule has 0 saturated heterocycles. The molecule has 0 spiro atoms. The molecule has 0 unspecified atom stereocenters. The number of non-ortho nitro benzene ring substituents is 1. The summed E-state index contributed by atoms with van der Waals surface area (Å²) in [6.45, 7) is 1.97. The third kappa shape index (κ3) is 2.29. The second-order valence-corrected chi connectivity index (χ2v) is 3.67. The molecule has 2 rings (SSSR count). The van der Waals surface area contributed by atoms with Crippen LogP contribution in [0.2, 0.25) is 0 Å². The highest BCUT2D eigenvalue weighted by Gasteiger charge is 2.21. The lowest BCUT2D eigenvalue weighted by Gasteiger charge is -2.15. The van der Waals surface area contributed by atoms with Crippen LogP contribution in [0.5, 0.6) is 0 Å². The summed E-state index contributed by atoms with van der Waals surface area (Å²) < 4.78 is 4.83. The molecule has 7 nitrogen and oxygen atoms in total. The third-order valence-electron chi connectivity index (χ3n) is 2.48. The number of hydrogen-bond donors (Lipinski definition) is 1. The molecule has 0 aliphatic carbocycles. The molecule has 0 atom stereocenters. The molecule has 1 heterocycles. The number of carbonyl (C=O) groups excluding carboxylic acids is 1. The van der Waals surface area contributed by atoms with Gasteiger partial charge in [-0.25, -0.2) is 4.79 Å². The fourth-order valence-electron chi connectivity index (χ4n) is 1.63. The maximum atomic E-state index is 11.5. The van der Waals surface area contributed by atoms with E-state index in [0.29, 0.717) is 11.3 Å². The van der Waals surface area contributed by atoms with Gasteiger partial charge in [0.15, 0.2) is 0 Å². The summed E-state index contributed by atoms with van der Waals surface area (Å²) in [5.74, 6) is -0.512. The van der Waals surface area contributed by atoms with Gasteiger partial charge in [-0.2, -0.15) is 5.10 Å². The summed E-state index contributed by atoms with van der Waals surface area (Å²) in [5.41, 5.74) is 4.20. The highest BCUT2D eigenvalue weighted by molar-refractivity contribution is 6.37. The molecule has 0 amide bonds. The molecule has 0 saturated carbocycles. The second-order valence-electron chi connectivity index (χ2n) is 3.67. The SMILES string of the molecule is CCOC(=O)C1=NNc2ccc([N+](=O)[O-])cc2C1. The van der Waals surface area contributed by atoms with Gasteiger partial charge in [-0.3, -0.25) is 15.5 Å². The van der Waals surface area contributed by atoms with Gasteiger partial charge < -0.3 is 4.74 Å². The molecule has 18 heavy (non-hydrogen) atoms. The minimum Gasteiger partial charge on any atom is -0.461 e. The van der Waals surface area contributed by atoms with Crippen LogP contribution in [0.1, 0.15) is 12.5 Å². The number of nitro groups is 1. The van der Waals surface area contributed by atoms with Crippen molar-refractivity contribution < 1.29 is 14.5 Å². The monoisotopic (exact) mass is 249 g/mol. The Morgan fingerprint density at radius 1 is 1.61 bits per heavy atom. The summed E-state index contributed by atoms with van der Waals surface area (Å²) in [4.78, 5) is 21.7. The van der Waals surface area contributed by atoms with Crippen molar-refractivity contribution in [3.63, 3.8) is 0 Å². The van der Waals surface area contributed by atoms with E-state index in [-0.39, 0.29) is 24.4 Å². The van der Waals surface area contributed by atoms with Crippen molar-refractivity contribution >= 4 is 23.1 Å². The van der Waals surface area contributed by atoms with Crippen LogP contribution in [0.4, 0.5) is 11.4 Å². The fourth-order valence-corrected chi connectivity index (χ4v) is 1.63. The topological polar surface area (TPSA) is 93.8 Å². The first kappa shape index (κ1) is 12.0. The number of anilines is 1. The van der Waals surface area contributed by atoms with Crippen molar-refractivity contribution in [1.82, 2.24) is 0 Å². The van der Waals surface area contributed by atoms with Crippen molar-refractivity contribution in [2.45, 2.75) is 13.3 Å². The average Bonchev–Trinajstić information content (AvgIpc) is 2.37. The molecule has 1 N–H and O–H groups in total. The molecular weight excluding hydrogens is 238 g/mol. The van der Waals surface area contributed by atoms with E-state index in [1.165, 1.54) is 12.1 Å². The summed E-state index contributed by atoms with van der Waals surface area (Å²) in [6.07, 6.45) is 0.225. The lowest BCUT2D eigenvalue weighted by atomic mass is 10.0. The summed E-state index contributed by atoms with van der Waals surface area (Å²) in [7, 11) is 0. The Kier molecular flexibility index (Phi) is 3.22. The van der Waals surface area contributed by atoms with E-state index >= 15 is 0 Å². The van der Waals surface area contributed by atoms with E-state index in [2.05, 4.69) is 10.5 Å². The molecule has 0 bridgehead atoms. The number of hydrogen-bond acceptors (Lipinski definition) is 6. The zero-order valence-corrected chi connectivity index (χ0v) is 9.67. The Morgan fingerprint density at radius 3 is 3.06 bits per heavy atom. The Morgan fingerprint density at radius 2 is 2.39 bits per heavy atom. The first-order chi connectivity index (χ1) is 8.61. The van der Waals surface area contributed by atoms with E-state index in [1.54, 1.807) is 13.0 Å². The van der Waals surface area contributed by atoms with Crippen molar-refractivity contribution in [1.29, 1.82) is 0 Å². The molecule has 1 aromatic rings. The van der Waals surface area contributed by atoms with Crippen molar-refractivity contribution in [2.24, 2.45) is 5.10 Å². The van der Waals surface area contributed by atoms with Gasteiger partial charge in [-0.05, 0) is 18.6 Å². The molecule has 94 valence electrons. The van der Waals surface area contributed by atoms with Crippen molar-refractivity contribution in [3.05, 3.63) is 33.9 Å². The predicted octanol–water partition coefficient (Wildman–Crippen LogP) is 1.48. The lowest BCUT2D eigenvalue weighted by Crippen LogP contribution is -2.24. The quantitative estimate of drug-likeness (QED) is 0.497. The molecule has 1 aliphatic rings. The van der Waals surface area contributed by atoms with E-state index in [0.717, 1.165) is 0 Å². The van der Waals surface area contributed by atoms with Crippen LogP contribution < -0.4 is 5.43 Å². The molecule has 0 aromatic heterocycles. The van der Waals surface area contributed by atoms with Crippen molar-refractivity contribution in [2.75, 3.05) is 12.0 Å². The minimum atomic E-state index is -0.512. The van der Waals surface area contributed by atoms with Gasteiger partial charge in [0.1, 0.15) is 5.71 Å². The third-order valence-corrected chi connectivity index (χ3v) is 2.48. The Bertz CT molecular complexity index is 539. The molecule has 0 fully saturated rings. The Hall–Kier alpha value is -2.44. The van der Waals surface area contributed by atoms with Crippen LogP contribution in [0.15, 0.2) is 23.3 Å². The van der Waals surface area contributed by atoms with Gasteiger partial charge >= 0.3 is 5.97 Å². The van der Waals surface area contributed by atoms with Gasteiger partial charge in [0.05, 0.1) is 17.2 Å². The zero-order chi connectivity index (χ0) is 13.1. The van der Waals surface area contributed by atoms with Gasteiger partial charge in [0, 0.05) is 18.6 Å². The normalized spacial score (nSPS) is 13.1. The summed E-state index contributed by atoms with van der Waals surface area (Å²) in [5, 5.41) is 14.6. The standard InChI is InChI=1S/C11H11N3O4/c1-2-18-11(15)10-6-7-5-8(14(16)17)3-4-9(7)12-13-10/h3-5,12H,2,6H2,1H3. The molecule has 7 heteroatoms.